The lowest BCUT2D eigenvalue weighted by Gasteiger charge is -2.10. The predicted molar refractivity (Wildman–Crippen MR) is 72.7 cm³/mol. The molecule has 0 atom stereocenters. The van der Waals surface area contributed by atoms with Crippen molar-refractivity contribution in [1.82, 2.24) is 0 Å². The Hall–Kier alpha value is -2.09. The van der Waals surface area contributed by atoms with E-state index in [9.17, 15) is 9.90 Å². The number of ketones is 1. The van der Waals surface area contributed by atoms with Crippen LogP contribution in [0.15, 0.2) is 42.5 Å². The van der Waals surface area contributed by atoms with Crippen LogP contribution >= 0.6 is 0 Å². The zero-order chi connectivity index (χ0) is 13.1. The zero-order valence-electron chi connectivity index (χ0n) is 10.6. The first-order chi connectivity index (χ1) is 8.58. The number of hydrogen-bond donors (Lipinski definition) is 1. The van der Waals surface area contributed by atoms with Crippen LogP contribution < -0.4 is 0 Å². The molecular weight excluding hydrogens is 224 g/mol. The van der Waals surface area contributed by atoms with Crippen molar-refractivity contribution < 1.29 is 9.90 Å². The second kappa shape index (κ2) is 5.05. The van der Waals surface area contributed by atoms with Crippen molar-refractivity contribution in [3.63, 3.8) is 0 Å². The fourth-order valence-corrected chi connectivity index (χ4v) is 2.01. The van der Waals surface area contributed by atoms with E-state index in [2.05, 4.69) is 0 Å². The van der Waals surface area contributed by atoms with Crippen LogP contribution in [0.4, 0.5) is 0 Å². The summed E-state index contributed by atoms with van der Waals surface area (Å²) in [5.74, 6) is 0.230. The van der Waals surface area contributed by atoms with Crippen LogP contribution in [0.2, 0.25) is 0 Å². The van der Waals surface area contributed by atoms with E-state index in [0.717, 1.165) is 11.1 Å². The number of aromatic hydroxyl groups is 1. The molecule has 0 spiro atoms. The second-order valence-electron chi connectivity index (χ2n) is 4.55. The van der Waals surface area contributed by atoms with Crippen LogP contribution in [0.3, 0.4) is 0 Å². The normalized spacial score (nSPS) is 10.3. The SMILES string of the molecule is CC(=O)Cc1c(O)cccc1-c1ccc(C)cc1. The quantitative estimate of drug-likeness (QED) is 0.891. The number of Topliss-reactive ketones (excluding diaryl/α,β-unsaturated/α-hetero) is 1. The lowest BCUT2D eigenvalue weighted by Crippen LogP contribution is -1.99. The van der Waals surface area contributed by atoms with Gasteiger partial charge >= 0.3 is 0 Å². The Morgan fingerprint density at radius 3 is 2.39 bits per heavy atom. The first-order valence-electron chi connectivity index (χ1n) is 5.95. The lowest BCUT2D eigenvalue weighted by atomic mass is 9.95. The van der Waals surface area contributed by atoms with Crippen LogP contribution in [-0.2, 0) is 11.2 Å². The van der Waals surface area contributed by atoms with Gasteiger partial charge in [-0.15, -0.1) is 0 Å². The molecule has 2 aromatic carbocycles. The van der Waals surface area contributed by atoms with Crippen LogP contribution in [0.1, 0.15) is 18.1 Å². The molecule has 0 aliphatic carbocycles. The maximum absolute atomic E-state index is 11.3. The van der Waals surface area contributed by atoms with Gasteiger partial charge in [0.05, 0.1) is 0 Å². The Bertz CT molecular complexity index is 568. The molecule has 0 bridgehead atoms. The largest absolute Gasteiger partial charge is 0.508 e. The van der Waals surface area contributed by atoms with E-state index in [1.165, 1.54) is 12.5 Å². The summed E-state index contributed by atoms with van der Waals surface area (Å²) in [6.07, 6.45) is 0.260. The van der Waals surface area contributed by atoms with Gasteiger partial charge in [-0.25, -0.2) is 0 Å². The van der Waals surface area contributed by atoms with Crippen molar-refractivity contribution in [2.24, 2.45) is 0 Å². The molecule has 0 unspecified atom stereocenters. The Morgan fingerprint density at radius 2 is 1.78 bits per heavy atom. The molecule has 2 nitrogen and oxygen atoms in total. The van der Waals surface area contributed by atoms with E-state index >= 15 is 0 Å². The molecule has 0 amide bonds. The number of carbonyl (C=O) groups is 1. The molecule has 1 N–H and O–H groups in total. The Kier molecular flexibility index (Phi) is 3.47. The number of phenols is 1. The third-order valence-electron chi connectivity index (χ3n) is 2.94. The Balaban J connectivity index is 2.53. The van der Waals surface area contributed by atoms with Gasteiger partial charge in [-0.05, 0) is 31.0 Å². The van der Waals surface area contributed by atoms with E-state index in [1.807, 2.05) is 37.3 Å². The summed E-state index contributed by atoms with van der Waals surface area (Å²) in [5, 5.41) is 9.90. The van der Waals surface area contributed by atoms with E-state index < -0.39 is 0 Å². The van der Waals surface area contributed by atoms with E-state index in [-0.39, 0.29) is 18.0 Å². The first-order valence-corrected chi connectivity index (χ1v) is 5.95. The third kappa shape index (κ3) is 2.59. The van der Waals surface area contributed by atoms with Crippen molar-refractivity contribution in [3.8, 4) is 16.9 Å². The summed E-state index contributed by atoms with van der Waals surface area (Å²) in [7, 11) is 0. The van der Waals surface area contributed by atoms with Crippen LogP contribution in [0, 0.1) is 6.92 Å². The van der Waals surface area contributed by atoms with Gasteiger partial charge in [0.1, 0.15) is 11.5 Å². The highest BCUT2D eigenvalue weighted by molar-refractivity contribution is 5.83. The van der Waals surface area contributed by atoms with Crippen molar-refractivity contribution >= 4 is 5.78 Å². The van der Waals surface area contributed by atoms with Gasteiger partial charge < -0.3 is 5.11 Å². The maximum Gasteiger partial charge on any atom is 0.134 e. The minimum atomic E-state index is 0.0462. The molecule has 2 rings (SSSR count). The fraction of sp³-hybridized carbons (Fsp3) is 0.188. The number of benzene rings is 2. The smallest absolute Gasteiger partial charge is 0.134 e. The molecule has 0 radical (unpaired) electrons. The van der Waals surface area contributed by atoms with Crippen molar-refractivity contribution in [2.45, 2.75) is 20.3 Å². The van der Waals surface area contributed by atoms with E-state index in [4.69, 9.17) is 0 Å². The van der Waals surface area contributed by atoms with Crippen molar-refractivity contribution in [1.29, 1.82) is 0 Å². The van der Waals surface area contributed by atoms with Gasteiger partial charge in [0.2, 0.25) is 0 Å². The van der Waals surface area contributed by atoms with Crippen LogP contribution in [0.25, 0.3) is 11.1 Å². The molecule has 0 aliphatic heterocycles. The standard InChI is InChI=1S/C16H16O2/c1-11-6-8-13(9-7-11)14-4-3-5-16(18)15(14)10-12(2)17/h3-9,18H,10H2,1-2H3. The molecular formula is C16H16O2. The van der Waals surface area contributed by atoms with Crippen molar-refractivity contribution in [3.05, 3.63) is 53.6 Å². The van der Waals surface area contributed by atoms with Gasteiger partial charge in [0.15, 0.2) is 0 Å². The molecule has 0 saturated heterocycles. The number of phenolic OH excluding ortho intramolecular Hbond substituents is 1. The molecule has 2 aromatic rings. The molecule has 0 aliphatic rings. The Labute approximate surface area is 107 Å². The third-order valence-corrected chi connectivity index (χ3v) is 2.94. The lowest BCUT2D eigenvalue weighted by molar-refractivity contribution is -0.116. The van der Waals surface area contributed by atoms with Crippen LogP contribution in [-0.4, -0.2) is 10.9 Å². The highest BCUT2D eigenvalue weighted by Crippen LogP contribution is 2.30. The molecule has 18 heavy (non-hydrogen) atoms. The summed E-state index contributed by atoms with van der Waals surface area (Å²) in [4.78, 5) is 11.3. The highest BCUT2D eigenvalue weighted by Gasteiger charge is 2.11. The molecule has 0 heterocycles. The maximum atomic E-state index is 11.3. The molecule has 0 fully saturated rings. The second-order valence-corrected chi connectivity index (χ2v) is 4.55. The summed E-state index contributed by atoms with van der Waals surface area (Å²) >= 11 is 0. The van der Waals surface area contributed by atoms with Gasteiger partial charge in [-0.1, -0.05) is 42.0 Å². The highest BCUT2D eigenvalue weighted by atomic mass is 16.3. The summed E-state index contributed by atoms with van der Waals surface area (Å²) in [6.45, 7) is 3.56. The molecule has 92 valence electrons. The number of carbonyl (C=O) groups excluding carboxylic acids is 1. The van der Waals surface area contributed by atoms with Gasteiger partial charge in [-0.3, -0.25) is 4.79 Å². The van der Waals surface area contributed by atoms with Gasteiger partial charge in [0.25, 0.3) is 0 Å². The van der Waals surface area contributed by atoms with Crippen LogP contribution in [0.5, 0.6) is 5.75 Å². The molecule has 0 saturated carbocycles. The monoisotopic (exact) mass is 240 g/mol. The zero-order valence-corrected chi connectivity index (χ0v) is 10.6. The summed E-state index contributed by atoms with van der Waals surface area (Å²) < 4.78 is 0. The molecule has 2 heteroatoms. The average molecular weight is 240 g/mol. The minimum absolute atomic E-state index is 0.0462. The number of hydrogen-bond acceptors (Lipinski definition) is 2. The van der Waals surface area contributed by atoms with E-state index in [1.54, 1.807) is 12.1 Å². The van der Waals surface area contributed by atoms with E-state index in [0.29, 0.717) is 5.56 Å². The predicted octanol–water partition coefficient (Wildman–Crippen LogP) is 3.50. The summed E-state index contributed by atoms with van der Waals surface area (Å²) in [6, 6.07) is 13.4. The van der Waals surface area contributed by atoms with Crippen molar-refractivity contribution in [2.75, 3.05) is 0 Å². The molecule has 0 aromatic heterocycles. The minimum Gasteiger partial charge on any atom is -0.508 e. The number of rotatable bonds is 3. The average Bonchev–Trinajstić information content (AvgIpc) is 2.32. The van der Waals surface area contributed by atoms with Gasteiger partial charge in [-0.2, -0.15) is 0 Å². The van der Waals surface area contributed by atoms with Gasteiger partial charge in [0, 0.05) is 12.0 Å². The number of aryl methyl sites for hydroxylation is 1. The fourth-order valence-electron chi connectivity index (χ4n) is 2.01. The Morgan fingerprint density at radius 1 is 1.11 bits per heavy atom. The topological polar surface area (TPSA) is 37.3 Å². The first kappa shape index (κ1) is 12.4. The summed E-state index contributed by atoms with van der Waals surface area (Å²) in [5.41, 5.74) is 3.83.